The first-order valence-electron chi connectivity index (χ1n) is 5.84. The van der Waals surface area contributed by atoms with Crippen molar-refractivity contribution in [3.63, 3.8) is 0 Å². The summed E-state index contributed by atoms with van der Waals surface area (Å²) in [5.41, 5.74) is 0. The fraction of sp³-hybridized carbons (Fsp3) is 0.833. The molecule has 0 saturated carbocycles. The zero-order valence-electron chi connectivity index (χ0n) is 10.2. The van der Waals surface area contributed by atoms with Gasteiger partial charge in [0.2, 0.25) is 0 Å². The monoisotopic (exact) mass is 228 g/mol. The van der Waals surface area contributed by atoms with Crippen molar-refractivity contribution in [2.45, 2.75) is 37.3 Å². The maximum atomic E-state index is 3.71. The van der Waals surface area contributed by atoms with E-state index in [1.54, 1.807) is 0 Å². The van der Waals surface area contributed by atoms with E-state index in [0.29, 0.717) is 6.04 Å². The highest BCUT2D eigenvalue weighted by molar-refractivity contribution is 8.00. The third-order valence-electron chi connectivity index (χ3n) is 2.80. The van der Waals surface area contributed by atoms with Gasteiger partial charge in [-0.1, -0.05) is 19.9 Å². The van der Waals surface area contributed by atoms with E-state index in [0.717, 1.165) is 23.6 Å². The summed E-state index contributed by atoms with van der Waals surface area (Å²) in [5, 5.41) is 4.94. The molecule has 88 valence electrons. The summed E-state index contributed by atoms with van der Waals surface area (Å²) in [6.07, 6.45) is 1.92. The Labute approximate surface area is 98.5 Å². The van der Waals surface area contributed by atoms with Gasteiger partial charge in [0.25, 0.3) is 0 Å². The third kappa shape index (κ3) is 4.58. The minimum Gasteiger partial charge on any atom is -0.312 e. The summed E-state index contributed by atoms with van der Waals surface area (Å²) in [5.74, 6) is 0. The first-order chi connectivity index (χ1) is 7.13. The lowest BCUT2D eigenvalue weighted by atomic mass is 10.2. The molecule has 1 saturated heterocycles. The number of nitrogens with zero attached hydrogens (tertiary/aromatic N) is 1. The Kier molecular flexibility index (Phi) is 5.72. The molecule has 0 aromatic carbocycles. The SMILES string of the molecule is C=CCNCC(C)N1CC(C)SC(C)C1. The molecule has 1 fully saturated rings. The predicted octanol–water partition coefficient (Wildman–Crippen LogP) is 1.98. The van der Waals surface area contributed by atoms with Crippen LogP contribution in [-0.2, 0) is 0 Å². The van der Waals surface area contributed by atoms with Crippen molar-refractivity contribution in [1.29, 1.82) is 0 Å². The van der Waals surface area contributed by atoms with Crippen molar-refractivity contribution in [2.24, 2.45) is 0 Å². The van der Waals surface area contributed by atoms with E-state index in [1.807, 2.05) is 6.08 Å². The summed E-state index contributed by atoms with van der Waals surface area (Å²) in [7, 11) is 0. The predicted molar refractivity (Wildman–Crippen MR) is 70.6 cm³/mol. The van der Waals surface area contributed by atoms with E-state index in [1.165, 1.54) is 13.1 Å². The van der Waals surface area contributed by atoms with Crippen LogP contribution >= 0.6 is 11.8 Å². The molecule has 0 spiro atoms. The van der Waals surface area contributed by atoms with Crippen molar-refractivity contribution in [1.82, 2.24) is 10.2 Å². The van der Waals surface area contributed by atoms with Gasteiger partial charge in [0.15, 0.2) is 0 Å². The van der Waals surface area contributed by atoms with Crippen molar-refractivity contribution >= 4 is 11.8 Å². The van der Waals surface area contributed by atoms with Crippen LogP contribution < -0.4 is 5.32 Å². The van der Waals surface area contributed by atoms with E-state index < -0.39 is 0 Å². The second-order valence-corrected chi connectivity index (χ2v) is 6.39. The minimum atomic E-state index is 0.635. The summed E-state index contributed by atoms with van der Waals surface area (Å²) >= 11 is 2.11. The minimum absolute atomic E-state index is 0.635. The molecule has 3 unspecified atom stereocenters. The van der Waals surface area contributed by atoms with E-state index >= 15 is 0 Å². The molecule has 1 heterocycles. The first kappa shape index (κ1) is 13.1. The molecule has 2 nitrogen and oxygen atoms in total. The van der Waals surface area contributed by atoms with Crippen LogP contribution in [0, 0.1) is 0 Å². The Morgan fingerprint density at radius 2 is 2.07 bits per heavy atom. The average Bonchev–Trinajstić information content (AvgIpc) is 2.16. The van der Waals surface area contributed by atoms with Crippen LogP contribution in [0.5, 0.6) is 0 Å². The molecule has 0 bridgehead atoms. The summed E-state index contributed by atoms with van der Waals surface area (Å²) < 4.78 is 0. The van der Waals surface area contributed by atoms with Crippen molar-refractivity contribution < 1.29 is 0 Å². The summed E-state index contributed by atoms with van der Waals surface area (Å²) in [6.45, 7) is 15.1. The van der Waals surface area contributed by atoms with Crippen LogP contribution in [0.4, 0.5) is 0 Å². The van der Waals surface area contributed by atoms with Gasteiger partial charge in [-0.15, -0.1) is 6.58 Å². The smallest absolute Gasteiger partial charge is 0.0193 e. The van der Waals surface area contributed by atoms with Gasteiger partial charge in [-0.05, 0) is 6.92 Å². The van der Waals surface area contributed by atoms with Gasteiger partial charge >= 0.3 is 0 Å². The maximum absolute atomic E-state index is 3.71. The molecule has 0 aromatic rings. The molecule has 0 aliphatic carbocycles. The second kappa shape index (κ2) is 6.56. The van der Waals surface area contributed by atoms with Crippen LogP contribution in [0.25, 0.3) is 0 Å². The molecule has 1 N–H and O–H groups in total. The highest BCUT2D eigenvalue weighted by atomic mass is 32.2. The van der Waals surface area contributed by atoms with Crippen LogP contribution in [-0.4, -0.2) is 47.6 Å². The van der Waals surface area contributed by atoms with Crippen LogP contribution in [0.2, 0.25) is 0 Å². The lowest BCUT2D eigenvalue weighted by molar-refractivity contribution is 0.203. The van der Waals surface area contributed by atoms with Gasteiger partial charge in [0, 0.05) is 42.7 Å². The highest BCUT2D eigenvalue weighted by Gasteiger charge is 2.25. The lowest BCUT2D eigenvalue weighted by Gasteiger charge is -2.38. The molecule has 0 aromatic heterocycles. The Hall–Kier alpha value is 0.0100. The Bertz CT molecular complexity index is 186. The Balaban J connectivity index is 2.30. The van der Waals surface area contributed by atoms with Gasteiger partial charge < -0.3 is 5.32 Å². The number of nitrogens with one attached hydrogen (secondary N) is 1. The molecule has 1 aliphatic rings. The second-order valence-electron chi connectivity index (χ2n) is 4.51. The van der Waals surface area contributed by atoms with E-state index in [4.69, 9.17) is 0 Å². The topological polar surface area (TPSA) is 15.3 Å². The van der Waals surface area contributed by atoms with Crippen LogP contribution in [0.15, 0.2) is 12.7 Å². The van der Waals surface area contributed by atoms with Crippen molar-refractivity contribution in [2.75, 3.05) is 26.2 Å². The molecule has 3 atom stereocenters. The van der Waals surface area contributed by atoms with Gasteiger partial charge in [-0.25, -0.2) is 0 Å². The zero-order valence-corrected chi connectivity index (χ0v) is 11.0. The quantitative estimate of drug-likeness (QED) is 0.572. The van der Waals surface area contributed by atoms with Crippen LogP contribution in [0.1, 0.15) is 20.8 Å². The Morgan fingerprint density at radius 3 is 2.60 bits per heavy atom. The number of hydrogen-bond donors (Lipinski definition) is 1. The van der Waals surface area contributed by atoms with Crippen molar-refractivity contribution in [3.05, 3.63) is 12.7 Å². The molecule has 3 heteroatoms. The largest absolute Gasteiger partial charge is 0.312 e. The zero-order chi connectivity index (χ0) is 11.3. The highest BCUT2D eigenvalue weighted by Crippen LogP contribution is 2.25. The first-order valence-corrected chi connectivity index (χ1v) is 6.79. The molecule has 0 radical (unpaired) electrons. The summed E-state index contributed by atoms with van der Waals surface area (Å²) in [6, 6.07) is 0.635. The molecular formula is C12H24N2S. The lowest BCUT2D eigenvalue weighted by Crippen LogP contribution is -2.48. The summed E-state index contributed by atoms with van der Waals surface area (Å²) in [4.78, 5) is 2.60. The molecular weight excluding hydrogens is 204 g/mol. The molecule has 1 aliphatic heterocycles. The average molecular weight is 228 g/mol. The van der Waals surface area contributed by atoms with E-state index in [-0.39, 0.29) is 0 Å². The third-order valence-corrected chi connectivity index (χ3v) is 4.03. The fourth-order valence-corrected chi connectivity index (χ4v) is 3.45. The van der Waals surface area contributed by atoms with Crippen molar-refractivity contribution in [3.8, 4) is 0 Å². The normalized spacial score (nSPS) is 30.1. The Morgan fingerprint density at radius 1 is 1.47 bits per heavy atom. The fourth-order valence-electron chi connectivity index (χ4n) is 2.10. The molecule has 15 heavy (non-hydrogen) atoms. The van der Waals surface area contributed by atoms with Gasteiger partial charge in [0.1, 0.15) is 0 Å². The molecule has 0 amide bonds. The van der Waals surface area contributed by atoms with Crippen LogP contribution in [0.3, 0.4) is 0 Å². The number of hydrogen-bond acceptors (Lipinski definition) is 3. The van der Waals surface area contributed by atoms with Gasteiger partial charge in [-0.3, -0.25) is 4.90 Å². The standard InChI is InChI=1S/C12H24N2S/c1-5-6-13-7-10(2)14-8-11(3)15-12(4)9-14/h5,10-13H,1,6-9H2,2-4H3. The van der Waals surface area contributed by atoms with E-state index in [2.05, 4.69) is 49.3 Å². The number of rotatable bonds is 5. The maximum Gasteiger partial charge on any atom is 0.0193 e. The van der Waals surface area contributed by atoms with Gasteiger partial charge in [-0.2, -0.15) is 11.8 Å². The van der Waals surface area contributed by atoms with E-state index in [9.17, 15) is 0 Å². The van der Waals surface area contributed by atoms with Gasteiger partial charge in [0.05, 0.1) is 0 Å². The molecule has 1 rings (SSSR count). The number of thioether (sulfide) groups is 1.